The lowest BCUT2D eigenvalue weighted by Gasteiger charge is -2.52. The average Bonchev–Trinajstić information content (AvgIpc) is 3.25. The molecule has 1 aromatic carbocycles. The van der Waals surface area contributed by atoms with Crippen LogP contribution in [0.15, 0.2) is 35.4 Å². The van der Waals surface area contributed by atoms with Gasteiger partial charge in [-0.15, -0.1) is 0 Å². The van der Waals surface area contributed by atoms with E-state index in [0.29, 0.717) is 28.4 Å². The van der Waals surface area contributed by atoms with Crippen molar-refractivity contribution in [1.82, 2.24) is 4.57 Å². The number of nitrogens with zero attached hydrogens (tertiary/aromatic N) is 1. The van der Waals surface area contributed by atoms with E-state index < -0.39 is 29.6 Å². The van der Waals surface area contributed by atoms with Gasteiger partial charge < -0.3 is 14.0 Å². The number of aryl methyl sites for hydroxylation is 1. The SMILES string of the molecule is CCOC(=O)[C@@H]1C(=C2C3CC4CC(C3)CC2C4)C(=O)O[C@]1(c1c(C)n(C)c2ccccc12)C(F)(F)F. The first-order chi connectivity index (χ1) is 17.1. The second-order valence-electron chi connectivity index (χ2n) is 11.0. The Morgan fingerprint density at radius 2 is 1.72 bits per heavy atom. The molecule has 4 aliphatic carbocycles. The zero-order valence-corrected chi connectivity index (χ0v) is 20.7. The molecule has 4 bridgehead atoms. The predicted octanol–water partition coefficient (Wildman–Crippen LogP) is 5.73. The van der Waals surface area contributed by atoms with E-state index in [1.165, 1.54) is 0 Å². The number of para-hydroxylation sites is 1. The van der Waals surface area contributed by atoms with Gasteiger partial charge in [-0.25, -0.2) is 4.79 Å². The Hall–Kier alpha value is -2.77. The molecule has 0 spiro atoms. The lowest BCUT2D eigenvalue weighted by Crippen LogP contribution is -2.51. The van der Waals surface area contributed by atoms with Gasteiger partial charge in [0.05, 0.1) is 12.2 Å². The highest BCUT2D eigenvalue weighted by Crippen LogP contribution is 2.63. The number of hydrogen-bond donors (Lipinski definition) is 0. The third kappa shape index (κ3) is 3.02. The second-order valence-corrected chi connectivity index (χ2v) is 11.0. The van der Waals surface area contributed by atoms with Gasteiger partial charge in [-0.2, -0.15) is 13.2 Å². The molecule has 2 atom stereocenters. The molecule has 4 saturated carbocycles. The first-order valence-electron chi connectivity index (χ1n) is 12.8. The summed E-state index contributed by atoms with van der Waals surface area (Å²) in [5.74, 6) is -2.84. The molecule has 0 radical (unpaired) electrons. The third-order valence-corrected chi connectivity index (χ3v) is 9.21. The summed E-state index contributed by atoms with van der Waals surface area (Å²) in [7, 11) is 1.68. The number of halogens is 3. The number of alkyl halides is 3. The van der Waals surface area contributed by atoms with Gasteiger partial charge in [0.2, 0.25) is 0 Å². The fourth-order valence-corrected chi connectivity index (χ4v) is 8.06. The normalized spacial score (nSPS) is 33.5. The zero-order chi connectivity index (χ0) is 25.6. The number of rotatable bonds is 3. The smallest absolute Gasteiger partial charge is 0.434 e. The Morgan fingerprint density at radius 3 is 2.31 bits per heavy atom. The predicted molar refractivity (Wildman–Crippen MR) is 126 cm³/mol. The number of hydrogen-bond acceptors (Lipinski definition) is 4. The number of fused-ring (bicyclic) bond motifs is 1. The maximum absolute atomic E-state index is 15.4. The molecule has 36 heavy (non-hydrogen) atoms. The number of cyclic esters (lactones) is 1. The minimum Gasteiger partial charge on any atom is -0.465 e. The molecule has 5 fully saturated rings. The van der Waals surface area contributed by atoms with Gasteiger partial charge in [0, 0.05) is 29.2 Å². The van der Waals surface area contributed by atoms with Crippen molar-refractivity contribution in [2.45, 2.75) is 57.7 Å². The van der Waals surface area contributed by atoms with Crippen molar-refractivity contribution in [2.24, 2.45) is 36.6 Å². The molecule has 5 nitrogen and oxygen atoms in total. The van der Waals surface area contributed by atoms with Crippen LogP contribution < -0.4 is 0 Å². The minimum absolute atomic E-state index is 0.0263. The summed E-state index contributed by atoms with van der Waals surface area (Å²) >= 11 is 0. The first kappa shape index (κ1) is 23.6. The Bertz CT molecular complexity index is 1280. The molecule has 0 N–H and O–H groups in total. The standard InChI is InChI=1S/C28H30F3NO4/c1-4-35-26(34)24-22(21-17-10-15-9-16(12-17)13-18(21)11-15)25(33)36-27(24,28(29,30)31)23-14(2)32(3)20-8-6-5-7-19(20)23/h5-8,15-18,24H,4,9-13H2,1-3H3/t15?,16?,17?,18?,24-,27-/m0/s1. The van der Waals surface area contributed by atoms with Crippen LogP contribution in [0.2, 0.25) is 0 Å². The lowest BCUT2D eigenvalue weighted by atomic mass is 9.53. The Labute approximate surface area is 207 Å². The highest BCUT2D eigenvalue weighted by molar-refractivity contribution is 6.02. The summed E-state index contributed by atoms with van der Waals surface area (Å²) in [5.41, 5.74) is -1.83. The van der Waals surface area contributed by atoms with Gasteiger partial charge in [0.25, 0.3) is 5.60 Å². The van der Waals surface area contributed by atoms with Crippen LogP contribution in [0.5, 0.6) is 0 Å². The van der Waals surface area contributed by atoms with Gasteiger partial charge in [-0.3, -0.25) is 4.79 Å². The number of carbonyl (C=O) groups excluding carboxylic acids is 2. The summed E-state index contributed by atoms with van der Waals surface area (Å²) in [6, 6.07) is 6.72. The van der Waals surface area contributed by atoms with Gasteiger partial charge in [-0.05, 0) is 75.7 Å². The summed E-state index contributed by atoms with van der Waals surface area (Å²) < 4.78 is 58.7. The van der Waals surface area contributed by atoms with Crippen molar-refractivity contribution < 1.29 is 32.2 Å². The van der Waals surface area contributed by atoms with E-state index in [-0.39, 0.29) is 29.6 Å². The summed E-state index contributed by atoms with van der Waals surface area (Å²) in [4.78, 5) is 27.1. The zero-order valence-electron chi connectivity index (χ0n) is 20.7. The monoisotopic (exact) mass is 501 g/mol. The van der Waals surface area contributed by atoms with Crippen molar-refractivity contribution in [3.63, 3.8) is 0 Å². The van der Waals surface area contributed by atoms with Gasteiger partial charge in [0.1, 0.15) is 5.92 Å². The van der Waals surface area contributed by atoms with Crippen molar-refractivity contribution in [2.75, 3.05) is 6.61 Å². The van der Waals surface area contributed by atoms with Crippen LogP contribution in [0.1, 0.15) is 50.3 Å². The first-order valence-corrected chi connectivity index (χ1v) is 12.8. The Morgan fingerprint density at radius 1 is 1.11 bits per heavy atom. The molecule has 5 aliphatic rings. The molecule has 1 aliphatic heterocycles. The molecule has 2 heterocycles. The molecule has 8 heteroatoms. The Balaban J connectivity index is 1.66. The topological polar surface area (TPSA) is 57.5 Å². The van der Waals surface area contributed by atoms with Crippen LogP contribution >= 0.6 is 0 Å². The van der Waals surface area contributed by atoms with Gasteiger partial charge >= 0.3 is 18.1 Å². The minimum atomic E-state index is -5.05. The summed E-state index contributed by atoms with van der Waals surface area (Å²) in [5, 5.41) is 0.313. The van der Waals surface area contributed by atoms with Crippen LogP contribution in [0, 0.1) is 36.5 Å². The third-order valence-electron chi connectivity index (χ3n) is 9.21. The average molecular weight is 502 g/mol. The fraction of sp³-hybridized carbons (Fsp3) is 0.571. The van der Waals surface area contributed by atoms with E-state index in [2.05, 4.69) is 0 Å². The van der Waals surface area contributed by atoms with Crippen LogP contribution in [0.3, 0.4) is 0 Å². The summed E-state index contributed by atoms with van der Waals surface area (Å²) in [6.45, 7) is 3.04. The van der Waals surface area contributed by atoms with E-state index in [9.17, 15) is 9.59 Å². The van der Waals surface area contributed by atoms with Crippen LogP contribution in [0.25, 0.3) is 10.9 Å². The largest absolute Gasteiger partial charge is 0.465 e. The molecule has 7 rings (SSSR count). The molecule has 1 saturated heterocycles. The van der Waals surface area contributed by atoms with Crippen molar-refractivity contribution >= 4 is 22.8 Å². The number of esters is 2. The van der Waals surface area contributed by atoms with Gasteiger partial charge in [-0.1, -0.05) is 23.8 Å². The highest BCUT2D eigenvalue weighted by atomic mass is 19.4. The lowest BCUT2D eigenvalue weighted by molar-refractivity contribution is -0.276. The maximum Gasteiger partial charge on any atom is 0.434 e. The molecular weight excluding hydrogens is 471 g/mol. The van der Waals surface area contributed by atoms with E-state index in [0.717, 1.165) is 37.7 Å². The van der Waals surface area contributed by atoms with Crippen LogP contribution in [-0.2, 0) is 31.7 Å². The molecule has 0 unspecified atom stereocenters. The fourth-order valence-electron chi connectivity index (χ4n) is 8.06. The molecular formula is C28H30F3NO4. The number of ether oxygens (including phenoxy) is 2. The summed E-state index contributed by atoms with van der Waals surface area (Å²) in [6.07, 6.45) is -0.448. The van der Waals surface area contributed by atoms with E-state index in [1.54, 1.807) is 49.7 Å². The van der Waals surface area contributed by atoms with Crippen molar-refractivity contribution in [3.8, 4) is 0 Å². The molecule has 192 valence electrons. The van der Waals surface area contributed by atoms with Crippen molar-refractivity contribution in [1.29, 1.82) is 0 Å². The molecule has 0 amide bonds. The van der Waals surface area contributed by atoms with E-state index in [4.69, 9.17) is 9.47 Å². The second kappa shape index (κ2) is 7.86. The highest BCUT2D eigenvalue weighted by Gasteiger charge is 2.74. The van der Waals surface area contributed by atoms with E-state index >= 15 is 13.2 Å². The van der Waals surface area contributed by atoms with Crippen LogP contribution in [0.4, 0.5) is 13.2 Å². The maximum atomic E-state index is 15.4. The molecule has 1 aromatic heterocycles. The van der Waals surface area contributed by atoms with Gasteiger partial charge in [0.15, 0.2) is 0 Å². The quantitative estimate of drug-likeness (QED) is 0.398. The van der Waals surface area contributed by atoms with E-state index in [1.807, 2.05) is 0 Å². The van der Waals surface area contributed by atoms with Crippen LogP contribution in [-0.4, -0.2) is 29.3 Å². The Kier molecular flexibility index (Phi) is 5.16. The molecule has 2 aromatic rings. The number of carbonyl (C=O) groups is 2. The number of aromatic nitrogens is 1. The number of benzene rings is 1. The van der Waals surface area contributed by atoms with Crippen molar-refractivity contribution in [3.05, 3.63) is 46.7 Å². The number of allylic oxidation sites excluding steroid dienone is 1.